The van der Waals surface area contributed by atoms with Crippen LogP contribution in [0.15, 0.2) is 57.7 Å². The Morgan fingerprint density at radius 3 is 2.14 bits per heavy atom. The average molecular weight is 497 g/mol. The molecule has 0 bridgehead atoms. The van der Waals surface area contributed by atoms with Crippen molar-refractivity contribution in [2.24, 2.45) is 5.41 Å². The lowest BCUT2D eigenvalue weighted by Crippen LogP contribution is -2.20. The smallest absolute Gasteiger partial charge is 0.334 e. The number of allylic oxidation sites excluding steroid dienone is 8. The molecule has 0 radical (unpaired) electrons. The summed E-state index contributed by atoms with van der Waals surface area (Å²) in [6.45, 7) is 15.2. The monoisotopic (exact) mass is 496 g/mol. The molecular formula is C32H48O4. The van der Waals surface area contributed by atoms with Gasteiger partial charge in [0.25, 0.3) is 6.29 Å². The van der Waals surface area contributed by atoms with Gasteiger partial charge in [0, 0.05) is 18.6 Å². The predicted molar refractivity (Wildman–Crippen MR) is 148 cm³/mol. The fourth-order valence-electron chi connectivity index (χ4n) is 5.31. The summed E-state index contributed by atoms with van der Waals surface area (Å²) in [5.74, 6) is -0.889. The largest absolute Gasteiger partial charge is 0.421 e. The van der Waals surface area contributed by atoms with E-state index in [1.54, 1.807) is 11.1 Å². The van der Waals surface area contributed by atoms with Crippen LogP contribution in [0.2, 0.25) is 0 Å². The molecule has 0 fully saturated rings. The van der Waals surface area contributed by atoms with Gasteiger partial charge < -0.3 is 9.47 Å². The number of carbonyl (C=O) groups is 2. The standard InChI is InChI=1S/C32H48O4/c1-23(14-9-15-25(3)19-20-29-26(4)17-11-21-32(29,6)7)12-8-13-24(2)16-10-18-28-22-30(34)36-31(28)35-27(5)33/h12,15-16,22,31H,8-11,13-14,17-21H2,1-7H3. The molecule has 200 valence electrons. The lowest BCUT2D eigenvalue weighted by molar-refractivity contribution is -0.172. The first-order valence-electron chi connectivity index (χ1n) is 13.7. The van der Waals surface area contributed by atoms with E-state index < -0.39 is 18.2 Å². The van der Waals surface area contributed by atoms with Gasteiger partial charge >= 0.3 is 11.9 Å². The zero-order chi connectivity index (χ0) is 26.7. The van der Waals surface area contributed by atoms with E-state index in [-0.39, 0.29) is 0 Å². The summed E-state index contributed by atoms with van der Waals surface area (Å²) in [5.41, 5.74) is 8.74. The van der Waals surface area contributed by atoms with Crippen molar-refractivity contribution in [3.8, 4) is 0 Å². The Labute approximate surface area is 219 Å². The van der Waals surface area contributed by atoms with Gasteiger partial charge in [-0.1, -0.05) is 59.9 Å². The van der Waals surface area contributed by atoms with Crippen molar-refractivity contribution < 1.29 is 19.1 Å². The molecule has 2 rings (SSSR count). The predicted octanol–water partition coefficient (Wildman–Crippen LogP) is 8.85. The summed E-state index contributed by atoms with van der Waals surface area (Å²) in [4.78, 5) is 22.6. The van der Waals surface area contributed by atoms with Gasteiger partial charge in [-0.15, -0.1) is 0 Å². The fraction of sp³-hybridized carbons (Fsp3) is 0.625. The number of hydrogen-bond donors (Lipinski definition) is 0. The number of cyclic esters (lactones) is 1. The van der Waals surface area contributed by atoms with Crippen LogP contribution in [-0.4, -0.2) is 18.2 Å². The lowest BCUT2D eigenvalue weighted by Gasteiger charge is -2.35. The Kier molecular flexibility index (Phi) is 11.9. The van der Waals surface area contributed by atoms with Crippen LogP contribution < -0.4 is 0 Å². The van der Waals surface area contributed by atoms with E-state index in [4.69, 9.17) is 9.47 Å². The molecule has 2 aliphatic rings. The lowest BCUT2D eigenvalue weighted by atomic mass is 9.71. The van der Waals surface area contributed by atoms with Crippen molar-refractivity contribution in [2.75, 3.05) is 0 Å². The number of esters is 2. The molecule has 0 aromatic heterocycles. The minimum Gasteiger partial charge on any atom is -0.421 e. The second-order valence-electron chi connectivity index (χ2n) is 11.4. The van der Waals surface area contributed by atoms with Crippen LogP contribution in [0.3, 0.4) is 0 Å². The molecule has 1 atom stereocenters. The van der Waals surface area contributed by atoms with E-state index in [1.165, 1.54) is 61.8 Å². The highest BCUT2D eigenvalue weighted by molar-refractivity contribution is 5.86. The van der Waals surface area contributed by atoms with Crippen LogP contribution in [0, 0.1) is 5.41 Å². The van der Waals surface area contributed by atoms with Crippen molar-refractivity contribution in [1.29, 1.82) is 0 Å². The zero-order valence-electron chi connectivity index (χ0n) is 23.8. The summed E-state index contributed by atoms with van der Waals surface area (Å²) in [5, 5.41) is 0. The Balaban J connectivity index is 1.68. The maximum absolute atomic E-state index is 11.5. The van der Waals surface area contributed by atoms with Gasteiger partial charge in [0.1, 0.15) is 0 Å². The quantitative estimate of drug-likeness (QED) is 0.189. The number of carbonyl (C=O) groups excluding carboxylic acids is 2. The molecule has 0 spiro atoms. The third-order valence-corrected chi connectivity index (χ3v) is 7.55. The van der Waals surface area contributed by atoms with Crippen LogP contribution in [-0.2, 0) is 19.1 Å². The topological polar surface area (TPSA) is 52.6 Å². The van der Waals surface area contributed by atoms with Crippen molar-refractivity contribution in [3.63, 3.8) is 0 Å². The van der Waals surface area contributed by atoms with Gasteiger partial charge in [-0.2, -0.15) is 0 Å². The SMILES string of the molecule is CC(=O)OC1OC(=O)C=C1CCC=C(C)CCC=C(C)CCC=C(C)CCC1=C(C)CCCC1(C)C. The molecule has 1 heterocycles. The van der Waals surface area contributed by atoms with Gasteiger partial charge in [0.15, 0.2) is 0 Å². The van der Waals surface area contributed by atoms with Crippen LogP contribution in [0.1, 0.15) is 119 Å². The van der Waals surface area contributed by atoms with Crippen LogP contribution in [0.25, 0.3) is 0 Å². The normalized spacial score (nSPS) is 21.0. The molecule has 1 unspecified atom stereocenters. The van der Waals surface area contributed by atoms with Crippen molar-refractivity contribution in [1.82, 2.24) is 0 Å². The molecule has 0 saturated carbocycles. The van der Waals surface area contributed by atoms with Crippen LogP contribution in [0.5, 0.6) is 0 Å². The third kappa shape index (κ3) is 10.3. The van der Waals surface area contributed by atoms with Crippen LogP contribution >= 0.6 is 0 Å². The summed E-state index contributed by atoms with van der Waals surface area (Å²) in [6, 6.07) is 0. The summed E-state index contributed by atoms with van der Waals surface area (Å²) >= 11 is 0. The van der Waals surface area contributed by atoms with Gasteiger partial charge in [0.05, 0.1) is 0 Å². The first-order valence-corrected chi connectivity index (χ1v) is 13.7. The van der Waals surface area contributed by atoms with E-state index >= 15 is 0 Å². The molecule has 0 N–H and O–H groups in total. The molecule has 1 aliphatic heterocycles. The highest BCUT2D eigenvalue weighted by Gasteiger charge is 2.28. The molecule has 0 amide bonds. The minimum atomic E-state index is -0.854. The Bertz CT molecular complexity index is 939. The Morgan fingerprint density at radius 1 is 0.972 bits per heavy atom. The second-order valence-corrected chi connectivity index (χ2v) is 11.4. The van der Waals surface area contributed by atoms with Gasteiger partial charge in [-0.25, -0.2) is 4.79 Å². The Morgan fingerprint density at radius 2 is 1.56 bits per heavy atom. The third-order valence-electron chi connectivity index (χ3n) is 7.55. The van der Waals surface area contributed by atoms with E-state index in [0.717, 1.165) is 37.7 Å². The van der Waals surface area contributed by atoms with Crippen molar-refractivity contribution >= 4 is 11.9 Å². The second kappa shape index (κ2) is 14.4. The molecule has 0 aromatic rings. The number of ether oxygens (including phenoxy) is 2. The van der Waals surface area contributed by atoms with Gasteiger partial charge in [-0.05, 0) is 104 Å². The molecule has 4 heteroatoms. The molecule has 4 nitrogen and oxygen atoms in total. The highest BCUT2D eigenvalue weighted by Crippen LogP contribution is 2.42. The van der Waals surface area contributed by atoms with Crippen molar-refractivity contribution in [3.05, 3.63) is 57.7 Å². The van der Waals surface area contributed by atoms with Crippen molar-refractivity contribution in [2.45, 2.75) is 125 Å². The maximum Gasteiger partial charge on any atom is 0.334 e. The molecular weight excluding hydrogens is 448 g/mol. The summed E-state index contributed by atoms with van der Waals surface area (Å²) in [6.07, 6.45) is 19.7. The average Bonchev–Trinajstić information content (AvgIpc) is 3.11. The molecule has 0 saturated heterocycles. The van der Waals surface area contributed by atoms with Gasteiger partial charge in [-0.3, -0.25) is 4.79 Å². The number of rotatable bonds is 13. The number of hydrogen-bond acceptors (Lipinski definition) is 4. The first kappa shape index (κ1) is 29.9. The molecule has 1 aliphatic carbocycles. The van der Waals surface area contributed by atoms with Gasteiger partial charge in [0.2, 0.25) is 0 Å². The minimum absolute atomic E-state index is 0.377. The fourth-order valence-corrected chi connectivity index (χ4v) is 5.31. The van der Waals surface area contributed by atoms with E-state index in [9.17, 15) is 9.59 Å². The first-order chi connectivity index (χ1) is 17.0. The zero-order valence-corrected chi connectivity index (χ0v) is 23.8. The van der Waals surface area contributed by atoms with E-state index in [1.807, 2.05) is 0 Å². The molecule has 36 heavy (non-hydrogen) atoms. The summed E-state index contributed by atoms with van der Waals surface area (Å²) < 4.78 is 10.1. The Hall–Kier alpha value is -2.36. The van der Waals surface area contributed by atoms with E-state index in [2.05, 4.69) is 59.8 Å². The molecule has 0 aromatic carbocycles. The van der Waals surface area contributed by atoms with Crippen LogP contribution in [0.4, 0.5) is 0 Å². The van der Waals surface area contributed by atoms with E-state index in [0.29, 0.717) is 11.8 Å². The highest BCUT2D eigenvalue weighted by atomic mass is 16.7. The maximum atomic E-state index is 11.5. The summed E-state index contributed by atoms with van der Waals surface area (Å²) in [7, 11) is 0.